The summed E-state index contributed by atoms with van der Waals surface area (Å²) in [6, 6.07) is 8.24. The van der Waals surface area contributed by atoms with Crippen molar-refractivity contribution in [1.82, 2.24) is 25.0 Å². The highest BCUT2D eigenvalue weighted by molar-refractivity contribution is 8.18. The molecule has 0 atom stereocenters. The minimum Gasteiger partial charge on any atom is -0.395 e. The topological polar surface area (TPSA) is 167 Å². The highest BCUT2D eigenvalue weighted by Gasteiger charge is 2.25. The average molecular weight is 530 g/mol. The summed E-state index contributed by atoms with van der Waals surface area (Å²) in [6.07, 6.45) is 4.61. The smallest absolute Gasteiger partial charge is 0.290 e. The van der Waals surface area contributed by atoms with Crippen LogP contribution in [0.15, 0.2) is 52.5 Å². The maximum Gasteiger partial charge on any atom is 0.290 e. The van der Waals surface area contributed by atoms with Gasteiger partial charge in [0.05, 0.1) is 22.1 Å². The van der Waals surface area contributed by atoms with Gasteiger partial charge < -0.3 is 15.3 Å². The van der Waals surface area contributed by atoms with Gasteiger partial charge in [-0.05, 0) is 30.0 Å². The molecule has 1 aromatic carbocycles. The monoisotopic (exact) mass is 529 g/mol. The summed E-state index contributed by atoms with van der Waals surface area (Å²) >= 11 is 0.768. The molecule has 14 heteroatoms. The van der Waals surface area contributed by atoms with Gasteiger partial charge in [-0.25, -0.2) is 18.1 Å². The van der Waals surface area contributed by atoms with E-state index < -0.39 is 21.2 Å². The van der Waals surface area contributed by atoms with Crippen molar-refractivity contribution in [3.8, 4) is 0 Å². The Balaban J connectivity index is 1.48. The SMILES string of the molecule is CN(CCO)c1cc(/C=C2/SC(=O)NC2=O)nc(NCCNS(=O)(=O)c2cccc3cnccc23)n1. The van der Waals surface area contributed by atoms with E-state index in [4.69, 9.17) is 0 Å². The molecule has 0 saturated carbocycles. The zero-order valence-electron chi connectivity index (χ0n) is 19.1. The fraction of sp³-hybridized carbons (Fsp3) is 0.227. The van der Waals surface area contributed by atoms with Crippen LogP contribution in [0.3, 0.4) is 0 Å². The summed E-state index contributed by atoms with van der Waals surface area (Å²) in [5.41, 5.74) is 0.365. The van der Waals surface area contributed by atoms with E-state index in [9.17, 15) is 23.1 Å². The van der Waals surface area contributed by atoms with Crippen molar-refractivity contribution in [2.45, 2.75) is 4.90 Å². The van der Waals surface area contributed by atoms with Crippen molar-refractivity contribution >= 4 is 61.5 Å². The molecule has 0 radical (unpaired) electrons. The van der Waals surface area contributed by atoms with Crippen molar-refractivity contribution < 1.29 is 23.1 Å². The van der Waals surface area contributed by atoms with Crippen molar-refractivity contribution in [3.05, 3.63) is 53.3 Å². The van der Waals surface area contributed by atoms with Gasteiger partial charge in [-0.2, -0.15) is 4.98 Å². The van der Waals surface area contributed by atoms with Crippen LogP contribution in [-0.4, -0.2) is 72.9 Å². The third-order valence-corrected chi connectivity index (χ3v) is 7.44. The Hall–Kier alpha value is -3.59. The number of fused-ring (bicyclic) bond motifs is 1. The van der Waals surface area contributed by atoms with E-state index in [1.165, 1.54) is 18.3 Å². The van der Waals surface area contributed by atoms with E-state index in [-0.39, 0.29) is 35.4 Å². The summed E-state index contributed by atoms with van der Waals surface area (Å²) < 4.78 is 28.3. The lowest BCUT2D eigenvalue weighted by Crippen LogP contribution is -2.29. The third-order valence-electron chi connectivity index (χ3n) is 5.11. The molecule has 0 bridgehead atoms. The van der Waals surface area contributed by atoms with E-state index in [0.29, 0.717) is 28.8 Å². The number of thioether (sulfide) groups is 1. The van der Waals surface area contributed by atoms with E-state index in [2.05, 4.69) is 30.3 Å². The number of hydrogen-bond acceptors (Lipinski definition) is 11. The predicted octanol–water partition coefficient (Wildman–Crippen LogP) is 1.17. The molecule has 1 fully saturated rings. The van der Waals surface area contributed by atoms with Crippen molar-refractivity contribution in [2.75, 3.05) is 43.5 Å². The van der Waals surface area contributed by atoms with E-state index in [1.54, 1.807) is 42.4 Å². The molecule has 1 aliphatic rings. The summed E-state index contributed by atoms with van der Waals surface area (Å²) in [5, 5.41) is 15.2. The Bertz CT molecular complexity index is 1440. The van der Waals surface area contributed by atoms with Crippen molar-refractivity contribution in [2.24, 2.45) is 0 Å². The lowest BCUT2D eigenvalue weighted by molar-refractivity contribution is -0.115. The highest BCUT2D eigenvalue weighted by atomic mass is 32.2. The number of pyridine rings is 1. The van der Waals surface area contributed by atoms with Crippen LogP contribution in [0.4, 0.5) is 16.6 Å². The Kier molecular flexibility index (Phi) is 7.79. The number of carbonyl (C=O) groups is 2. The number of anilines is 2. The lowest BCUT2D eigenvalue weighted by atomic mass is 10.2. The summed E-state index contributed by atoms with van der Waals surface area (Å²) in [7, 11) is -2.06. The standard InChI is InChI=1S/C22H23N7O5S2/c1-29(9-10-30)19-12-15(11-17-20(31)28-22(32)35-17)26-21(27-19)24-7-8-25-36(33,34)18-4-2-3-14-13-23-6-5-16(14)18/h2-6,11-13,25,30H,7-10H2,1H3,(H,24,26,27)(H,28,31,32)/b17-11+. The fourth-order valence-corrected chi connectivity index (χ4v) is 5.31. The number of aliphatic hydroxyl groups excluding tert-OH is 1. The van der Waals surface area contributed by atoms with Gasteiger partial charge in [0.2, 0.25) is 16.0 Å². The number of aromatic nitrogens is 3. The second kappa shape index (κ2) is 11.0. The van der Waals surface area contributed by atoms with Crippen LogP contribution in [0.2, 0.25) is 0 Å². The van der Waals surface area contributed by atoms with Gasteiger partial charge in [-0.15, -0.1) is 0 Å². The van der Waals surface area contributed by atoms with Crippen molar-refractivity contribution in [3.63, 3.8) is 0 Å². The highest BCUT2D eigenvalue weighted by Crippen LogP contribution is 2.26. The van der Waals surface area contributed by atoms with E-state index in [1.807, 2.05) is 0 Å². The third kappa shape index (κ3) is 5.96. The molecule has 188 valence electrons. The minimum absolute atomic E-state index is 0.0487. The maximum atomic E-state index is 12.9. The molecule has 3 aromatic rings. The molecule has 3 heterocycles. The molecule has 4 rings (SSSR count). The Morgan fingerprint density at radius 2 is 2.03 bits per heavy atom. The lowest BCUT2D eigenvalue weighted by Gasteiger charge is -2.18. The molecular formula is C22H23N7O5S2. The normalized spacial score (nSPS) is 14.9. The number of aliphatic hydroxyl groups is 1. The van der Waals surface area contributed by atoms with E-state index >= 15 is 0 Å². The van der Waals surface area contributed by atoms with Gasteiger partial charge >= 0.3 is 0 Å². The first-order valence-electron chi connectivity index (χ1n) is 10.8. The number of benzene rings is 1. The number of hydrogen-bond donors (Lipinski definition) is 4. The molecule has 36 heavy (non-hydrogen) atoms. The zero-order valence-corrected chi connectivity index (χ0v) is 20.8. The average Bonchev–Trinajstić information content (AvgIpc) is 3.17. The number of sulfonamides is 1. The quantitative estimate of drug-likeness (QED) is 0.220. The van der Waals surface area contributed by atoms with Gasteiger partial charge in [0, 0.05) is 55.9 Å². The predicted molar refractivity (Wildman–Crippen MR) is 137 cm³/mol. The number of nitrogens with one attached hydrogen (secondary N) is 3. The molecular weight excluding hydrogens is 506 g/mol. The molecule has 1 aliphatic heterocycles. The zero-order chi connectivity index (χ0) is 25.7. The molecule has 0 unspecified atom stereocenters. The molecule has 1 saturated heterocycles. The van der Waals surface area contributed by atoms with Gasteiger partial charge in [0.25, 0.3) is 11.1 Å². The maximum absolute atomic E-state index is 12.9. The summed E-state index contributed by atoms with van der Waals surface area (Å²) in [5.74, 6) is 0.143. The van der Waals surface area contributed by atoms with Crippen LogP contribution < -0.4 is 20.3 Å². The Labute approximate surface area is 211 Å². The first kappa shape index (κ1) is 25.5. The van der Waals surface area contributed by atoms with E-state index in [0.717, 1.165) is 11.8 Å². The number of carbonyl (C=O) groups excluding carboxylic acids is 2. The van der Waals surface area contributed by atoms with Crippen LogP contribution in [0.5, 0.6) is 0 Å². The molecule has 12 nitrogen and oxygen atoms in total. The van der Waals surface area contributed by atoms with Crippen molar-refractivity contribution in [1.29, 1.82) is 0 Å². The van der Waals surface area contributed by atoms with Crippen LogP contribution in [0, 0.1) is 0 Å². The number of likely N-dealkylation sites (N-methyl/N-ethyl adjacent to an activating group) is 1. The summed E-state index contributed by atoms with van der Waals surface area (Å²) in [6.45, 7) is 0.425. The fourth-order valence-electron chi connectivity index (χ4n) is 3.39. The largest absolute Gasteiger partial charge is 0.395 e. The Morgan fingerprint density at radius 3 is 2.78 bits per heavy atom. The van der Waals surface area contributed by atoms with Gasteiger partial charge in [-0.1, -0.05) is 12.1 Å². The van der Waals surface area contributed by atoms with Gasteiger partial charge in [0.15, 0.2) is 0 Å². The summed E-state index contributed by atoms with van der Waals surface area (Å²) in [4.78, 5) is 38.2. The molecule has 2 amide bonds. The minimum atomic E-state index is -3.79. The first-order chi connectivity index (χ1) is 17.3. The molecule has 0 spiro atoms. The number of nitrogens with zero attached hydrogens (tertiary/aromatic N) is 4. The van der Waals surface area contributed by atoms with Crippen LogP contribution in [0.25, 0.3) is 16.8 Å². The van der Waals surface area contributed by atoms with Crippen LogP contribution in [0.1, 0.15) is 5.69 Å². The second-order valence-electron chi connectivity index (χ2n) is 7.65. The Morgan fingerprint density at radius 1 is 1.19 bits per heavy atom. The first-order valence-corrected chi connectivity index (χ1v) is 13.1. The number of amides is 2. The van der Waals surface area contributed by atoms with Gasteiger partial charge in [-0.3, -0.25) is 19.9 Å². The molecule has 2 aromatic heterocycles. The second-order valence-corrected chi connectivity index (χ2v) is 10.4. The van der Waals surface area contributed by atoms with Crippen LogP contribution in [-0.2, 0) is 14.8 Å². The number of imide groups is 1. The van der Waals surface area contributed by atoms with Crippen LogP contribution >= 0.6 is 11.8 Å². The molecule has 0 aliphatic carbocycles. The van der Waals surface area contributed by atoms with Gasteiger partial charge in [0.1, 0.15) is 5.82 Å². The number of rotatable bonds is 10. The molecule has 4 N–H and O–H groups in total.